The molecule has 0 aromatic heterocycles. The van der Waals surface area contributed by atoms with Gasteiger partial charge in [-0.1, -0.05) is 37.8 Å². The van der Waals surface area contributed by atoms with Gasteiger partial charge in [-0.2, -0.15) is 0 Å². The highest BCUT2D eigenvalue weighted by Crippen LogP contribution is 2.12. The van der Waals surface area contributed by atoms with Gasteiger partial charge in [-0.3, -0.25) is 0 Å². The highest BCUT2D eigenvalue weighted by molar-refractivity contribution is 6.84. The van der Waals surface area contributed by atoms with Crippen molar-refractivity contribution in [2.24, 2.45) is 4.99 Å². The molecule has 0 atom stereocenters. The van der Waals surface area contributed by atoms with Crippen LogP contribution in [0.2, 0.25) is 19.6 Å². The number of nitrogens with zero attached hydrogens (tertiary/aromatic N) is 1. The standard InChI is InChI=1S/C12H17NSi/c1-11(14(2,3)4)10-13-12-8-6-5-7-9-12/h5-9H,1-4H3. The molecule has 0 saturated heterocycles. The topological polar surface area (TPSA) is 12.4 Å². The predicted octanol–water partition coefficient (Wildman–Crippen LogP) is 3.81. The van der Waals surface area contributed by atoms with Gasteiger partial charge in [-0.05, 0) is 30.1 Å². The number of para-hydroxylation sites is 1. The summed E-state index contributed by atoms with van der Waals surface area (Å²) in [6.45, 7) is 9.03. The van der Waals surface area contributed by atoms with Crippen LogP contribution >= 0.6 is 0 Å². The van der Waals surface area contributed by atoms with Gasteiger partial charge >= 0.3 is 0 Å². The molecule has 1 rings (SSSR count). The van der Waals surface area contributed by atoms with Crippen molar-refractivity contribution < 1.29 is 0 Å². The number of benzene rings is 1. The number of hydrogen-bond donors (Lipinski definition) is 0. The molecule has 0 radical (unpaired) electrons. The maximum absolute atomic E-state index is 4.32. The van der Waals surface area contributed by atoms with Crippen molar-refractivity contribution in [1.29, 1.82) is 0 Å². The van der Waals surface area contributed by atoms with Gasteiger partial charge in [0.2, 0.25) is 0 Å². The van der Waals surface area contributed by atoms with E-state index in [1.165, 1.54) is 5.20 Å². The van der Waals surface area contributed by atoms with Crippen molar-refractivity contribution >= 4 is 19.6 Å². The molecule has 0 fully saturated rings. The van der Waals surface area contributed by atoms with Crippen molar-refractivity contribution in [3.63, 3.8) is 0 Å². The predicted molar refractivity (Wildman–Crippen MR) is 66.1 cm³/mol. The normalized spacial score (nSPS) is 10.6. The maximum atomic E-state index is 4.32. The van der Waals surface area contributed by atoms with E-state index in [4.69, 9.17) is 0 Å². The Morgan fingerprint density at radius 3 is 2.21 bits per heavy atom. The molecule has 0 spiro atoms. The number of rotatable bonds is 2. The van der Waals surface area contributed by atoms with E-state index in [9.17, 15) is 0 Å². The third-order valence-electron chi connectivity index (χ3n) is 2.23. The first-order chi connectivity index (χ1) is 6.50. The SMILES string of the molecule is CC(=C=Nc1ccccc1)[Si](C)(C)C. The fourth-order valence-corrected chi connectivity index (χ4v) is 1.21. The quantitative estimate of drug-likeness (QED) is 0.512. The van der Waals surface area contributed by atoms with E-state index in [1.807, 2.05) is 30.3 Å². The lowest BCUT2D eigenvalue weighted by molar-refractivity contribution is 1.52. The van der Waals surface area contributed by atoms with Crippen LogP contribution in [0, 0.1) is 0 Å². The third kappa shape index (κ3) is 3.33. The molecule has 0 saturated carbocycles. The van der Waals surface area contributed by atoms with Gasteiger partial charge in [0.1, 0.15) is 0 Å². The molecular formula is C12H17NSi. The molecule has 1 aromatic rings. The summed E-state index contributed by atoms with van der Waals surface area (Å²) in [4.78, 5) is 4.32. The summed E-state index contributed by atoms with van der Waals surface area (Å²) in [5.41, 5.74) is 0.977. The first-order valence-electron chi connectivity index (χ1n) is 4.86. The molecule has 2 heteroatoms. The molecule has 0 amide bonds. The Morgan fingerprint density at radius 1 is 1.14 bits per heavy atom. The summed E-state index contributed by atoms with van der Waals surface area (Å²) in [6.07, 6.45) is 0. The van der Waals surface area contributed by atoms with Crippen molar-refractivity contribution in [2.75, 3.05) is 0 Å². The van der Waals surface area contributed by atoms with E-state index in [1.54, 1.807) is 0 Å². The fourth-order valence-electron chi connectivity index (χ4n) is 0.819. The lowest BCUT2D eigenvalue weighted by Crippen LogP contribution is -2.22. The first-order valence-corrected chi connectivity index (χ1v) is 8.36. The minimum Gasteiger partial charge on any atom is -0.207 e. The van der Waals surface area contributed by atoms with Crippen LogP contribution < -0.4 is 0 Å². The summed E-state index contributed by atoms with van der Waals surface area (Å²) >= 11 is 0. The van der Waals surface area contributed by atoms with Crippen LogP contribution in [0.4, 0.5) is 5.69 Å². The van der Waals surface area contributed by atoms with Crippen molar-refractivity contribution in [3.05, 3.63) is 35.5 Å². The second-order valence-corrected chi connectivity index (χ2v) is 9.68. The molecule has 0 heterocycles. The van der Waals surface area contributed by atoms with Crippen molar-refractivity contribution in [1.82, 2.24) is 0 Å². The monoisotopic (exact) mass is 203 g/mol. The summed E-state index contributed by atoms with van der Waals surface area (Å²) in [5.74, 6) is 3.14. The van der Waals surface area contributed by atoms with Crippen LogP contribution in [0.25, 0.3) is 0 Å². The van der Waals surface area contributed by atoms with E-state index in [2.05, 4.69) is 37.4 Å². The summed E-state index contributed by atoms with van der Waals surface area (Å²) < 4.78 is 0. The van der Waals surface area contributed by atoms with E-state index < -0.39 is 8.07 Å². The Kier molecular flexibility index (Phi) is 3.45. The van der Waals surface area contributed by atoms with Crippen LogP contribution in [0.5, 0.6) is 0 Å². The summed E-state index contributed by atoms with van der Waals surface area (Å²) in [7, 11) is -1.20. The Bertz CT molecular complexity index is 354. The van der Waals surface area contributed by atoms with E-state index >= 15 is 0 Å². The van der Waals surface area contributed by atoms with E-state index in [0.29, 0.717) is 0 Å². The minimum absolute atomic E-state index is 0.977. The Morgan fingerprint density at radius 2 is 1.71 bits per heavy atom. The van der Waals surface area contributed by atoms with E-state index in [-0.39, 0.29) is 0 Å². The van der Waals surface area contributed by atoms with Gasteiger partial charge in [-0.25, -0.2) is 4.99 Å². The van der Waals surface area contributed by atoms with Crippen LogP contribution in [0.3, 0.4) is 0 Å². The molecule has 1 nitrogen and oxygen atoms in total. The number of allylic oxidation sites excluding steroid dienone is 1. The smallest absolute Gasteiger partial charge is 0.0840 e. The minimum atomic E-state index is -1.20. The Balaban J connectivity index is 2.93. The average Bonchev–Trinajstić information content (AvgIpc) is 2.14. The molecule has 0 aliphatic carbocycles. The Hall–Kier alpha value is -1.11. The molecular weight excluding hydrogens is 186 g/mol. The third-order valence-corrected chi connectivity index (χ3v) is 4.60. The highest BCUT2D eigenvalue weighted by atomic mass is 28.3. The molecule has 0 bridgehead atoms. The lowest BCUT2D eigenvalue weighted by Gasteiger charge is -2.12. The number of aliphatic imine (C=N–C) groups is 1. The van der Waals surface area contributed by atoms with Crippen molar-refractivity contribution in [3.8, 4) is 0 Å². The number of hydrogen-bond acceptors (Lipinski definition) is 1. The zero-order chi connectivity index (χ0) is 10.6. The average molecular weight is 203 g/mol. The maximum Gasteiger partial charge on any atom is 0.0840 e. The summed E-state index contributed by atoms with van der Waals surface area (Å²) in [6, 6.07) is 9.96. The fraction of sp³-hybridized carbons (Fsp3) is 0.333. The van der Waals surface area contributed by atoms with E-state index in [0.717, 1.165) is 5.69 Å². The zero-order valence-corrected chi connectivity index (χ0v) is 10.3. The second kappa shape index (κ2) is 4.40. The second-order valence-electron chi connectivity index (χ2n) is 4.43. The van der Waals surface area contributed by atoms with Crippen LogP contribution in [-0.2, 0) is 0 Å². The molecule has 0 N–H and O–H groups in total. The molecule has 1 aromatic carbocycles. The summed E-state index contributed by atoms with van der Waals surface area (Å²) in [5, 5.41) is 1.31. The first kappa shape index (κ1) is 11.0. The van der Waals surface area contributed by atoms with Gasteiger partial charge in [0.25, 0.3) is 0 Å². The molecule has 0 aliphatic rings. The lowest BCUT2D eigenvalue weighted by atomic mass is 10.3. The zero-order valence-electron chi connectivity index (χ0n) is 9.33. The largest absolute Gasteiger partial charge is 0.207 e. The molecule has 0 unspecified atom stereocenters. The Labute approximate surface area is 87.2 Å². The van der Waals surface area contributed by atoms with Crippen LogP contribution in [0.1, 0.15) is 6.92 Å². The molecule has 0 aliphatic heterocycles. The van der Waals surface area contributed by atoms with Gasteiger partial charge in [-0.15, -0.1) is 0 Å². The van der Waals surface area contributed by atoms with Gasteiger partial charge in [0.15, 0.2) is 0 Å². The van der Waals surface area contributed by atoms with Crippen LogP contribution in [-0.4, -0.2) is 13.9 Å². The molecule has 74 valence electrons. The van der Waals surface area contributed by atoms with Gasteiger partial charge in [0.05, 0.1) is 13.8 Å². The van der Waals surface area contributed by atoms with Gasteiger partial charge in [0, 0.05) is 0 Å². The molecule has 14 heavy (non-hydrogen) atoms. The highest BCUT2D eigenvalue weighted by Gasteiger charge is 2.14. The van der Waals surface area contributed by atoms with Gasteiger partial charge < -0.3 is 0 Å². The van der Waals surface area contributed by atoms with Crippen LogP contribution in [0.15, 0.2) is 40.5 Å². The van der Waals surface area contributed by atoms with Crippen molar-refractivity contribution in [2.45, 2.75) is 26.6 Å².